The maximum Gasteiger partial charge on any atom is 0.255 e. The van der Waals surface area contributed by atoms with Crippen LogP contribution in [0.5, 0.6) is 0 Å². The van der Waals surface area contributed by atoms with Gasteiger partial charge in [0.15, 0.2) is 0 Å². The molecule has 3 N–H and O–H groups in total. The lowest BCUT2D eigenvalue weighted by atomic mass is 10.1. The van der Waals surface area contributed by atoms with Gasteiger partial charge >= 0.3 is 0 Å². The number of carbonyl (C=O) groups excluding carboxylic acids is 1. The second kappa shape index (κ2) is 6.85. The van der Waals surface area contributed by atoms with Gasteiger partial charge in [-0.3, -0.25) is 9.59 Å². The van der Waals surface area contributed by atoms with Crippen LogP contribution in [-0.2, 0) is 13.1 Å². The minimum atomic E-state index is -0.208. The summed E-state index contributed by atoms with van der Waals surface area (Å²) in [5.74, 6) is -0.208. The predicted octanol–water partition coefficient (Wildman–Crippen LogP) is 1.97. The number of anilines is 1. The summed E-state index contributed by atoms with van der Waals surface area (Å²) in [7, 11) is 0. The second-order valence-electron chi connectivity index (χ2n) is 4.80. The van der Waals surface area contributed by atoms with Crippen LogP contribution in [0.4, 0.5) is 5.69 Å². The summed E-state index contributed by atoms with van der Waals surface area (Å²) in [6.45, 7) is 3.08. The molecule has 1 heterocycles. The van der Waals surface area contributed by atoms with Crippen LogP contribution < -0.4 is 16.6 Å². The van der Waals surface area contributed by atoms with E-state index in [1.165, 1.54) is 6.07 Å². The highest BCUT2D eigenvalue weighted by Crippen LogP contribution is 2.09. The third-order valence-corrected chi connectivity index (χ3v) is 3.16. The maximum atomic E-state index is 12.1. The molecule has 2 rings (SSSR count). The van der Waals surface area contributed by atoms with Crippen LogP contribution in [0.15, 0.2) is 47.4 Å². The Bertz CT molecular complexity index is 675. The van der Waals surface area contributed by atoms with Gasteiger partial charge < -0.3 is 15.6 Å². The van der Waals surface area contributed by atoms with Crippen LogP contribution in [0.25, 0.3) is 0 Å². The molecule has 21 heavy (non-hydrogen) atoms. The van der Waals surface area contributed by atoms with Crippen LogP contribution in [0.3, 0.4) is 0 Å². The molecule has 0 fully saturated rings. The Labute approximate surface area is 123 Å². The molecule has 0 aliphatic rings. The zero-order chi connectivity index (χ0) is 15.2. The average molecular weight is 285 g/mol. The summed E-state index contributed by atoms with van der Waals surface area (Å²) in [6, 6.07) is 10.2. The second-order valence-corrected chi connectivity index (χ2v) is 4.80. The summed E-state index contributed by atoms with van der Waals surface area (Å²) in [5.41, 5.74) is 7.60. The van der Waals surface area contributed by atoms with Crippen molar-refractivity contribution < 1.29 is 4.79 Å². The monoisotopic (exact) mass is 285 g/mol. The molecule has 5 nitrogen and oxygen atoms in total. The van der Waals surface area contributed by atoms with Crippen molar-refractivity contribution in [3.63, 3.8) is 0 Å². The van der Waals surface area contributed by atoms with Crippen molar-refractivity contribution in [1.29, 1.82) is 0 Å². The highest BCUT2D eigenvalue weighted by atomic mass is 16.1. The average Bonchev–Trinajstić information content (AvgIpc) is 2.51. The lowest BCUT2D eigenvalue weighted by molar-refractivity contribution is 0.102. The molecule has 0 aliphatic heterocycles. The van der Waals surface area contributed by atoms with Gasteiger partial charge in [0.1, 0.15) is 0 Å². The van der Waals surface area contributed by atoms with Crippen LogP contribution in [0.2, 0.25) is 0 Å². The van der Waals surface area contributed by atoms with E-state index in [9.17, 15) is 9.59 Å². The minimum Gasteiger partial charge on any atom is -0.326 e. The van der Waals surface area contributed by atoms with Crippen molar-refractivity contribution in [3.05, 3.63) is 64.1 Å². The van der Waals surface area contributed by atoms with E-state index in [0.29, 0.717) is 24.3 Å². The molecule has 0 radical (unpaired) electrons. The van der Waals surface area contributed by atoms with Crippen LogP contribution in [0, 0.1) is 0 Å². The first-order chi connectivity index (χ1) is 10.1. The van der Waals surface area contributed by atoms with E-state index in [4.69, 9.17) is 5.73 Å². The molecule has 0 bridgehead atoms. The summed E-state index contributed by atoms with van der Waals surface area (Å²) in [5, 5.41) is 2.79. The molecular weight excluding hydrogens is 266 g/mol. The van der Waals surface area contributed by atoms with Gasteiger partial charge in [0, 0.05) is 30.9 Å². The number of nitrogens with one attached hydrogen (secondary N) is 1. The largest absolute Gasteiger partial charge is 0.326 e. The van der Waals surface area contributed by atoms with Gasteiger partial charge in [0.25, 0.3) is 11.5 Å². The fourth-order valence-corrected chi connectivity index (χ4v) is 2.02. The molecule has 1 aromatic heterocycles. The SMILES string of the molecule is CCCn1cc(NC(=O)c2ccc(CN)cc2)ccc1=O. The number of nitrogens with two attached hydrogens (primary N) is 1. The number of hydrogen-bond acceptors (Lipinski definition) is 3. The minimum absolute atomic E-state index is 0.0675. The molecule has 110 valence electrons. The first kappa shape index (κ1) is 15.0. The molecule has 0 atom stereocenters. The lowest BCUT2D eigenvalue weighted by Crippen LogP contribution is -2.20. The predicted molar refractivity (Wildman–Crippen MR) is 83.3 cm³/mol. The third kappa shape index (κ3) is 3.79. The number of nitrogens with zero attached hydrogens (tertiary/aromatic N) is 1. The highest BCUT2D eigenvalue weighted by molar-refractivity contribution is 6.04. The first-order valence-electron chi connectivity index (χ1n) is 6.95. The number of amides is 1. The number of aryl methyl sites for hydroxylation is 1. The van der Waals surface area contributed by atoms with Gasteiger partial charge in [-0.1, -0.05) is 19.1 Å². The molecule has 1 amide bonds. The molecule has 2 aromatic rings. The van der Waals surface area contributed by atoms with Crippen molar-refractivity contribution in [2.24, 2.45) is 5.73 Å². The molecule has 0 spiro atoms. The van der Waals surface area contributed by atoms with E-state index in [1.807, 2.05) is 19.1 Å². The molecule has 1 aromatic carbocycles. The van der Waals surface area contributed by atoms with Crippen LogP contribution in [-0.4, -0.2) is 10.5 Å². The molecule has 5 heteroatoms. The zero-order valence-corrected chi connectivity index (χ0v) is 12.0. The quantitative estimate of drug-likeness (QED) is 0.881. The van der Waals surface area contributed by atoms with Gasteiger partial charge in [0.05, 0.1) is 5.69 Å². The van der Waals surface area contributed by atoms with Crippen molar-refractivity contribution in [2.45, 2.75) is 26.4 Å². The van der Waals surface area contributed by atoms with Gasteiger partial charge in [-0.2, -0.15) is 0 Å². The van der Waals surface area contributed by atoms with E-state index >= 15 is 0 Å². The Morgan fingerprint density at radius 1 is 1.19 bits per heavy atom. The Balaban J connectivity index is 2.14. The topological polar surface area (TPSA) is 77.1 Å². The fourth-order valence-electron chi connectivity index (χ4n) is 2.02. The van der Waals surface area contributed by atoms with E-state index in [1.54, 1.807) is 29.0 Å². The smallest absolute Gasteiger partial charge is 0.255 e. The van der Waals surface area contributed by atoms with Crippen molar-refractivity contribution in [1.82, 2.24) is 4.57 Å². The molecular formula is C16H19N3O2. The Kier molecular flexibility index (Phi) is 4.90. The standard InChI is InChI=1S/C16H19N3O2/c1-2-9-19-11-14(7-8-15(19)20)18-16(21)13-5-3-12(10-17)4-6-13/h3-8,11H,2,9-10,17H2,1H3,(H,18,21). The molecule has 0 saturated heterocycles. The zero-order valence-electron chi connectivity index (χ0n) is 12.0. The first-order valence-corrected chi connectivity index (χ1v) is 6.95. The summed E-state index contributed by atoms with van der Waals surface area (Å²) in [4.78, 5) is 23.8. The maximum absolute atomic E-state index is 12.1. The third-order valence-electron chi connectivity index (χ3n) is 3.16. The summed E-state index contributed by atoms with van der Waals surface area (Å²) in [6.07, 6.45) is 2.52. The van der Waals surface area contributed by atoms with E-state index in [0.717, 1.165) is 12.0 Å². The number of carbonyl (C=O) groups is 1. The molecule has 0 saturated carbocycles. The van der Waals surface area contributed by atoms with E-state index < -0.39 is 0 Å². The van der Waals surface area contributed by atoms with Gasteiger partial charge in [0.2, 0.25) is 0 Å². The van der Waals surface area contributed by atoms with Crippen LogP contribution in [0.1, 0.15) is 29.3 Å². The van der Waals surface area contributed by atoms with E-state index in [2.05, 4.69) is 5.32 Å². The Morgan fingerprint density at radius 3 is 2.52 bits per heavy atom. The molecule has 0 unspecified atom stereocenters. The number of hydrogen-bond donors (Lipinski definition) is 2. The molecule has 0 aliphatic carbocycles. The summed E-state index contributed by atoms with van der Waals surface area (Å²) >= 11 is 0. The Morgan fingerprint density at radius 2 is 1.90 bits per heavy atom. The van der Waals surface area contributed by atoms with Crippen molar-refractivity contribution >= 4 is 11.6 Å². The number of pyridine rings is 1. The number of benzene rings is 1. The lowest BCUT2D eigenvalue weighted by Gasteiger charge is -2.09. The van der Waals surface area contributed by atoms with Gasteiger partial charge in [-0.25, -0.2) is 0 Å². The number of rotatable bonds is 5. The Hall–Kier alpha value is -2.40. The summed E-state index contributed by atoms with van der Waals surface area (Å²) < 4.78 is 1.59. The number of aromatic nitrogens is 1. The fraction of sp³-hybridized carbons (Fsp3) is 0.250. The van der Waals surface area contributed by atoms with Crippen molar-refractivity contribution in [3.8, 4) is 0 Å². The van der Waals surface area contributed by atoms with E-state index in [-0.39, 0.29) is 11.5 Å². The van der Waals surface area contributed by atoms with Gasteiger partial charge in [-0.15, -0.1) is 0 Å². The highest BCUT2D eigenvalue weighted by Gasteiger charge is 2.07. The van der Waals surface area contributed by atoms with Gasteiger partial charge in [-0.05, 0) is 30.2 Å². The normalized spacial score (nSPS) is 10.4. The van der Waals surface area contributed by atoms with Crippen LogP contribution >= 0.6 is 0 Å². The van der Waals surface area contributed by atoms with Crippen molar-refractivity contribution in [2.75, 3.05) is 5.32 Å².